The SMILES string of the molecule is COc1cccc(CN(CC2CCCO2)C(=O)[C@@H]2CC[C@H](C(=O)O)C2)c1. The molecule has 0 bridgehead atoms. The maximum Gasteiger partial charge on any atom is 0.306 e. The highest BCUT2D eigenvalue weighted by Crippen LogP contribution is 2.33. The van der Waals surface area contributed by atoms with Crippen LogP contribution >= 0.6 is 0 Å². The van der Waals surface area contributed by atoms with Gasteiger partial charge < -0.3 is 19.5 Å². The van der Waals surface area contributed by atoms with Crippen molar-refractivity contribution in [3.63, 3.8) is 0 Å². The van der Waals surface area contributed by atoms with Gasteiger partial charge in [0.2, 0.25) is 5.91 Å². The molecule has 1 saturated heterocycles. The van der Waals surface area contributed by atoms with E-state index >= 15 is 0 Å². The molecule has 26 heavy (non-hydrogen) atoms. The number of carbonyl (C=O) groups is 2. The lowest BCUT2D eigenvalue weighted by Gasteiger charge is -2.28. The van der Waals surface area contributed by atoms with Crippen LogP contribution in [-0.4, -0.2) is 48.2 Å². The van der Waals surface area contributed by atoms with Crippen LogP contribution in [0.2, 0.25) is 0 Å². The standard InChI is InChI=1S/C20H27NO5/c1-25-17-5-2-4-14(10-17)12-21(13-18-6-3-9-26-18)19(22)15-7-8-16(11-15)20(23)24/h2,4-5,10,15-16,18H,3,6-9,11-13H2,1H3,(H,23,24)/t15-,16+,18?/m1/s1. The number of rotatable bonds is 7. The Bertz CT molecular complexity index is 641. The first-order valence-electron chi connectivity index (χ1n) is 9.33. The Balaban J connectivity index is 1.71. The summed E-state index contributed by atoms with van der Waals surface area (Å²) in [4.78, 5) is 26.2. The summed E-state index contributed by atoms with van der Waals surface area (Å²) in [7, 11) is 1.62. The van der Waals surface area contributed by atoms with E-state index < -0.39 is 11.9 Å². The van der Waals surface area contributed by atoms with Crippen molar-refractivity contribution in [1.82, 2.24) is 4.90 Å². The van der Waals surface area contributed by atoms with Gasteiger partial charge in [-0.25, -0.2) is 0 Å². The van der Waals surface area contributed by atoms with Gasteiger partial charge in [-0.05, 0) is 49.8 Å². The van der Waals surface area contributed by atoms with Gasteiger partial charge in [-0.15, -0.1) is 0 Å². The summed E-state index contributed by atoms with van der Waals surface area (Å²) >= 11 is 0. The molecule has 1 N–H and O–H groups in total. The molecule has 6 nitrogen and oxygen atoms in total. The van der Waals surface area contributed by atoms with E-state index in [1.54, 1.807) is 7.11 Å². The molecule has 1 unspecified atom stereocenters. The van der Waals surface area contributed by atoms with E-state index in [0.717, 1.165) is 30.8 Å². The second-order valence-corrected chi connectivity index (χ2v) is 7.25. The van der Waals surface area contributed by atoms with Crippen LogP contribution < -0.4 is 4.74 Å². The maximum absolute atomic E-state index is 13.1. The predicted octanol–water partition coefficient (Wildman–Crippen LogP) is 2.70. The van der Waals surface area contributed by atoms with Gasteiger partial charge in [-0.2, -0.15) is 0 Å². The number of nitrogens with zero attached hydrogens (tertiary/aromatic N) is 1. The van der Waals surface area contributed by atoms with Gasteiger partial charge >= 0.3 is 5.97 Å². The summed E-state index contributed by atoms with van der Waals surface area (Å²) in [5.74, 6) is -0.585. The Morgan fingerprint density at radius 1 is 1.27 bits per heavy atom. The highest BCUT2D eigenvalue weighted by atomic mass is 16.5. The molecule has 0 aromatic heterocycles. The second-order valence-electron chi connectivity index (χ2n) is 7.25. The summed E-state index contributed by atoms with van der Waals surface area (Å²) in [5, 5.41) is 9.22. The lowest BCUT2D eigenvalue weighted by Crippen LogP contribution is -2.40. The minimum atomic E-state index is -0.793. The Morgan fingerprint density at radius 2 is 2.08 bits per heavy atom. The fraction of sp³-hybridized carbons (Fsp3) is 0.600. The summed E-state index contributed by atoms with van der Waals surface area (Å²) < 4.78 is 11.0. The summed E-state index contributed by atoms with van der Waals surface area (Å²) in [6.45, 7) is 1.80. The molecule has 1 heterocycles. The van der Waals surface area contributed by atoms with Gasteiger partial charge in [-0.3, -0.25) is 9.59 Å². The van der Waals surface area contributed by atoms with Crippen molar-refractivity contribution in [2.24, 2.45) is 11.8 Å². The Labute approximate surface area is 154 Å². The number of hydrogen-bond donors (Lipinski definition) is 1. The van der Waals surface area contributed by atoms with Gasteiger partial charge in [0.1, 0.15) is 5.75 Å². The lowest BCUT2D eigenvalue weighted by atomic mass is 10.0. The van der Waals surface area contributed by atoms with Crippen molar-refractivity contribution in [1.29, 1.82) is 0 Å². The number of methoxy groups -OCH3 is 1. The van der Waals surface area contributed by atoms with Gasteiger partial charge in [0, 0.05) is 25.6 Å². The highest BCUT2D eigenvalue weighted by Gasteiger charge is 2.36. The third-order valence-corrected chi connectivity index (χ3v) is 5.40. The number of amides is 1. The van der Waals surface area contributed by atoms with Crippen molar-refractivity contribution in [3.8, 4) is 5.75 Å². The van der Waals surface area contributed by atoms with E-state index in [4.69, 9.17) is 9.47 Å². The minimum Gasteiger partial charge on any atom is -0.497 e. The largest absolute Gasteiger partial charge is 0.497 e. The molecule has 0 spiro atoms. The first kappa shape index (κ1) is 18.7. The third-order valence-electron chi connectivity index (χ3n) is 5.40. The van der Waals surface area contributed by atoms with E-state index in [1.165, 1.54) is 0 Å². The minimum absolute atomic E-state index is 0.0482. The van der Waals surface area contributed by atoms with E-state index in [0.29, 0.717) is 32.4 Å². The molecule has 1 aliphatic carbocycles. The quantitative estimate of drug-likeness (QED) is 0.808. The molecule has 2 aliphatic rings. The zero-order valence-electron chi connectivity index (χ0n) is 15.2. The first-order chi connectivity index (χ1) is 12.6. The fourth-order valence-electron chi connectivity index (χ4n) is 3.95. The number of carbonyl (C=O) groups excluding carboxylic acids is 1. The van der Waals surface area contributed by atoms with Crippen molar-refractivity contribution in [2.45, 2.75) is 44.8 Å². The van der Waals surface area contributed by atoms with E-state index in [1.807, 2.05) is 29.2 Å². The number of benzene rings is 1. The Morgan fingerprint density at radius 3 is 2.73 bits per heavy atom. The molecular formula is C20H27NO5. The van der Waals surface area contributed by atoms with Crippen molar-refractivity contribution in [2.75, 3.05) is 20.3 Å². The molecule has 142 valence electrons. The van der Waals surface area contributed by atoms with Crippen LogP contribution in [0.3, 0.4) is 0 Å². The smallest absolute Gasteiger partial charge is 0.306 e. The van der Waals surface area contributed by atoms with E-state index in [-0.39, 0.29) is 17.9 Å². The zero-order chi connectivity index (χ0) is 18.5. The van der Waals surface area contributed by atoms with Crippen molar-refractivity contribution < 1.29 is 24.2 Å². The average molecular weight is 361 g/mol. The molecule has 0 radical (unpaired) electrons. The van der Waals surface area contributed by atoms with Crippen molar-refractivity contribution in [3.05, 3.63) is 29.8 Å². The first-order valence-corrected chi connectivity index (χ1v) is 9.33. The van der Waals surface area contributed by atoms with Crippen LogP contribution in [0, 0.1) is 11.8 Å². The number of ether oxygens (including phenoxy) is 2. The summed E-state index contributed by atoms with van der Waals surface area (Å²) in [6.07, 6.45) is 3.73. The second kappa shape index (κ2) is 8.54. The zero-order valence-corrected chi connectivity index (χ0v) is 15.2. The molecule has 1 saturated carbocycles. The highest BCUT2D eigenvalue weighted by molar-refractivity contribution is 5.81. The van der Waals surface area contributed by atoms with Crippen LogP contribution in [0.1, 0.15) is 37.7 Å². The van der Waals surface area contributed by atoms with Crippen LogP contribution in [-0.2, 0) is 20.9 Å². The molecule has 3 atom stereocenters. The topological polar surface area (TPSA) is 76.1 Å². The Hall–Kier alpha value is -2.08. The molecule has 3 rings (SSSR count). The van der Waals surface area contributed by atoms with E-state index in [2.05, 4.69) is 0 Å². The molecule has 1 amide bonds. The number of aliphatic carboxylic acids is 1. The number of carboxylic acids is 1. The number of carboxylic acid groups (broad SMARTS) is 1. The number of hydrogen-bond acceptors (Lipinski definition) is 4. The van der Waals surface area contributed by atoms with Crippen LogP contribution in [0.5, 0.6) is 5.75 Å². The molecule has 2 fully saturated rings. The molecular weight excluding hydrogens is 334 g/mol. The molecule has 1 aromatic carbocycles. The van der Waals surface area contributed by atoms with Crippen LogP contribution in [0.15, 0.2) is 24.3 Å². The molecule has 6 heteroatoms. The van der Waals surface area contributed by atoms with Gasteiger partial charge in [0.15, 0.2) is 0 Å². The average Bonchev–Trinajstić information content (AvgIpc) is 3.32. The summed E-state index contributed by atoms with van der Waals surface area (Å²) in [6, 6.07) is 7.71. The third kappa shape index (κ3) is 4.55. The van der Waals surface area contributed by atoms with Gasteiger partial charge in [0.05, 0.1) is 19.1 Å². The van der Waals surface area contributed by atoms with E-state index in [9.17, 15) is 14.7 Å². The Kier molecular flexibility index (Phi) is 6.14. The summed E-state index contributed by atoms with van der Waals surface area (Å²) in [5.41, 5.74) is 1.00. The van der Waals surface area contributed by atoms with Crippen LogP contribution in [0.4, 0.5) is 0 Å². The van der Waals surface area contributed by atoms with Gasteiger partial charge in [-0.1, -0.05) is 12.1 Å². The molecule has 1 aliphatic heterocycles. The fourth-order valence-corrected chi connectivity index (χ4v) is 3.95. The maximum atomic E-state index is 13.1. The van der Waals surface area contributed by atoms with Gasteiger partial charge in [0.25, 0.3) is 0 Å². The van der Waals surface area contributed by atoms with Crippen LogP contribution in [0.25, 0.3) is 0 Å². The normalized spacial score (nSPS) is 25.2. The monoisotopic (exact) mass is 361 g/mol. The molecule has 1 aromatic rings. The predicted molar refractivity (Wildman–Crippen MR) is 95.9 cm³/mol. The lowest BCUT2D eigenvalue weighted by molar-refractivity contribution is -0.142. The van der Waals surface area contributed by atoms with Crippen molar-refractivity contribution >= 4 is 11.9 Å².